The number of carbonyl (C=O) groups is 2. The molecule has 33 heavy (non-hydrogen) atoms. The molecule has 0 spiro atoms. The average Bonchev–Trinajstić information content (AvgIpc) is 3.41. The molecule has 2 amide bonds. The summed E-state index contributed by atoms with van der Waals surface area (Å²) in [6.45, 7) is 3.75. The molecule has 8 heteroatoms. The molecule has 0 saturated carbocycles. The van der Waals surface area contributed by atoms with E-state index in [2.05, 4.69) is 10.9 Å². The molecule has 0 bridgehead atoms. The molecular formula is C25H22FN3O4. The number of hydrogen-bond donors (Lipinski definition) is 2. The number of carbonyl (C=O) groups excluding carboxylic acids is 2. The van der Waals surface area contributed by atoms with E-state index in [1.807, 2.05) is 41.8 Å². The number of hydrazine groups is 1. The highest BCUT2D eigenvalue weighted by molar-refractivity contribution is 5.99. The lowest BCUT2D eigenvalue weighted by Gasteiger charge is -2.10. The van der Waals surface area contributed by atoms with Crippen molar-refractivity contribution in [3.8, 4) is 11.4 Å². The van der Waals surface area contributed by atoms with Crippen LogP contribution < -0.4 is 15.6 Å². The monoisotopic (exact) mass is 447 g/mol. The van der Waals surface area contributed by atoms with Crippen molar-refractivity contribution in [3.05, 3.63) is 107 Å². The molecule has 0 atom stereocenters. The third-order valence-electron chi connectivity index (χ3n) is 5.14. The first-order valence-electron chi connectivity index (χ1n) is 10.2. The summed E-state index contributed by atoms with van der Waals surface area (Å²) in [7, 11) is 0. The number of nitrogens with one attached hydrogen (secondary N) is 2. The minimum atomic E-state index is -0.604. The fraction of sp³-hybridized carbons (Fsp3) is 0.120. The van der Waals surface area contributed by atoms with Crippen LogP contribution in [0.3, 0.4) is 0 Å². The maximum absolute atomic E-state index is 13.3. The van der Waals surface area contributed by atoms with Gasteiger partial charge in [-0.1, -0.05) is 18.2 Å². The number of ether oxygens (including phenoxy) is 1. The van der Waals surface area contributed by atoms with Crippen molar-refractivity contribution in [2.24, 2.45) is 0 Å². The number of para-hydroxylation sites is 1. The van der Waals surface area contributed by atoms with Crippen molar-refractivity contribution in [2.75, 3.05) is 0 Å². The summed E-state index contributed by atoms with van der Waals surface area (Å²) in [4.78, 5) is 25.3. The molecule has 0 unspecified atom stereocenters. The minimum Gasteiger partial charge on any atom is -0.489 e. The van der Waals surface area contributed by atoms with E-state index in [0.29, 0.717) is 22.6 Å². The standard InChI is InChI=1S/C25H22FN3O4/c1-16-14-22(17(2)29(16)20-10-8-19(26)9-11-20)24(30)27-28-25(31)23-18(12-13-32-23)15-33-21-6-4-3-5-7-21/h3-14H,15H2,1-2H3,(H,27,30)(H,28,31). The second-order valence-electron chi connectivity index (χ2n) is 7.38. The largest absolute Gasteiger partial charge is 0.489 e. The topological polar surface area (TPSA) is 85.5 Å². The van der Waals surface area contributed by atoms with Gasteiger partial charge in [-0.3, -0.25) is 20.4 Å². The van der Waals surface area contributed by atoms with Crippen LogP contribution >= 0.6 is 0 Å². The zero-order chi connectivity index (χ0) is 23.4. The van der Waals surface area contributed by atoms with E-state index in [1.54, 1.807) is 31.2 Å². The number of aryl methyl sites for hydroxylation is 1. The smallest absolute Gasteiger partial charge is 0.305 e. The highest BCUT2D eigenvalue weighted by Gasteiger charge is 2.20. The fourth-order valence-corrected chi connectivity index (χ4v) is 3.54. The van der Waals surface area contributed by atoms with Crippen LogP contribution in [-0.2, 0) is 6.61 Å². The Morgan fingerprint density at radius 2 is 1.67 bits per heavy atom. The molecule has 0 saturated heterocycles. The molecule has 2 heterocycles. The van der Waals surface area contributed by atoms with Crippen molar-refractivity contribution >= 4 is 11.8 Å². The van der Waals surface area contributed by atoms with Gasteiger partial charge in [-0.05, 0) is 62.4 Å². The number of furan rings is 1. The van der Waals surface area contributed by atoms with Gasteiger partial charge in [0.25, 0.3) is 5.91 Å². The summed E-state index contributed by atoms with van der Waals surface area (Å²) in [5, 5.41) is 0. The lowest BCUT2D eigenvalue weighted by Crippen LogP contribution is -2.42. The number of aromatic nitrogens is 1. The van der Waals surface area contributed by atoms with E-state index in [0.717, 1.165) is 11.4 Å². The molecule has 168 valence electrons. The molecular weight excluding hydrogens is 425 g/mol. The van der Waals surface area contributed by atoms with E-state index in [-0.39, 0.29) is 18.2 Å². The van der Waals surface area contributed by atoms with Crippen LogP contribution in [0.1, 0.15) is 37.9 Å². The van der Waals surface area contributed by atoms with Gasteiger partial charge in [0.05, 0.1) is 11.8 Å². The van der Waals surface area contributed by atoms with Crippen LogP contribution in [0, 0.1) is 19.7 Å². The van der Waals surface area contributed by atoms with Gasteiger partial charge in [-0.25, -0.2) is 4.39 Å². The van der Waals surface area contributed by atoms with Crippen LogP contribution in [0.15, 0.2) is 77.4 Å². The summed E-state index contributed by atoms with van der Waals surface area (Å²) in [5.41, 5.74) is 7.89. The Bertz CT molecular complexity index is 1280. The summed E-state index contributed by atoms with van der Waals surface area (Å²) in [6.07, 6.45) is 1.39. The van der Waals surface area contributed by atoms with Crippen LogP contribution in [0.5, 0.6) is 5.75 Å². The molecule has 2 aromatic carbocycles. The van der Waals surface area contributed by atoms with E-state index < -0.39 is 11.8 Å². The number of rotatable bonds is 6. The number of amides is 2. The predicted octanol–water partition coefficient (Wildman–Crippen LogP) is 4.48. The lowest BCUT2D eigenvalue weighted by molar-refractivity contribution is 0.0828. The first-order valence-corrected chi connectivity index (χ1v) is 10.2. The molecule has 7 nitrogen and oxygen atoms in total. The molecule has 0 aliphatic heterocycles. The Morgan fingerprint density at radius 1 is 0.970 bits per heavy atom. The fourth-order valence-electron chi connectivity index (χ4n) is 3.54. The van der Waals surface area contributed by atoms with Crippen LogP contribution in [0.2, 0.25) is 0 Å². The number of halogens is 1. The first kappa shape index (κ1) is 21.9. The zero-order valence-corrected chi connectivity index (χ0v) is 18.1. The first-order chi connectivity index (χ1) is 15.9. The molecule has 2 aromatic heterocycles. The maximum atomic E-state index is 13.3. The summed E-state index contributed by atoms with van der Waals surface area (Å²) >= 11 is 0. The Morgan fingerprint density at radius 3 is 2.39 bits per heavy atom. The van der Waals surface area contributed by atoms with Gasteiger partial charge in [0.1, 0.15) is 18.2 Å². The van der Waals surface area contributed by atoms with E-state index in [9.17, 15) is 14.0 Å². The van der Waals surface area contributed by atoms with Crippen molar-refractivity contribution in [3.63, 3.8) is 0 Å². The Labute approximate surface area is 189 Å². The van der Waals surface area contributed by atoms with Gasteiger partial charge in [0, 0.05) is 22.6 Å². The van der Waals surface area contributed by atoms with Crippen LogP contribution in [-0.4, -0.2) is 16.4 Å². The molecule has 0 aliphatic rings. The zero-order valence-electron chi connectivity index (χ0n) is 18.1. The lowest BCUT2D eigenvalue weighted by atomic mass is 10.2. The molecule has 4 rings (SSSR count). The number of nitrogens with zero attached hydrogens (tertiary/aromatic N) is 1. The van der Waals surface area contributed by atoms with Crippen molar-refractivity contribution in [1.82, 2.24) is 15.4 Å². The van der Waals surface area contributed by atoms with Crippen LogP contribution in [0.25, 0.3) is 5.69 Å². The summed E-state index contributed by atoms with van der Waals surface area (Å²) in [5.74, 6) is -0.725. The van der Waals surface area contributed by atoms with Gasteiger partial charge < -0.3 is 13.7 Å². The Hall–Kier alpha value is -4.33. The quantitative estimate of drug-likeness (QED) is 0.427. The van der Waals surface area contributed by atoms with E-state index in [1.165, 1.54) is 18.4 Å². The molecule has 0 fully saturated rings. The molecule has 0 radical (unpaired) electrons. The van der Waals surface area contributed by atoms with Crippen molar-refractivity contribution in [2.45, 2.75) is 20.5 Å². The van der Waals surface area contributed by atoms with Gasteiger partial charge in [-0.2, -0.15) is 0 Å². The van der Waals surface area contributed by atoms with Crippen molar-refractivity contribution in [1.29, 1.82) is 0 Å². The average molecular weight is 447 g/mol. The van der Waals surface area contributed by atoms with Gasteiger partial charge in [0.15, 0.2) is 5.76 Å². The summed E-state index contributed by atoms with van der Waals surface area (Å²) < 4.78 is 26.1. The SMILES string of the molecule is Cc1cc(C(=O)NNC(=O)c2occc2COc2ccccc2)c(C)n1-c1ccc(F)cc1. The normalized spacial score (nSPS) is 10.6. The predicted molar refractivity (Wildman–Crippen MR) is 120 cm³/mol. The summed E-state index contributed by atoms with van der Waals surface area (Å²) in [6, 6.07) is 18.5. The van der Waals surface area contributed by atoms with Crippen molar-refractivity contribution < 1.29 is 23.1 Å². The molecule has 0 aliphatic carbocycles. The third-order valence-corrected chi connectivity index (χ3v) is 5.14. The van der Waals surface area contributed by atoms with Gasteiger partial charge in [-0.15, -0.1) is 0 Å². The number of hydrogen-bond acceptors (Lipinski definition) is 4. The second kappa shape index (κ2) is 9.44. The van der Waals surface area contributed by atoms with E-state index in [4.69, 9.17) is 9.15 Å². The molecule has 2 N–H and O–H groups in total. The highest BCUT2D eigenvalue weighted by Crippen LogP contribution is 2.21. The van der Waals surface area contributed by atoms with Gasteiger partial charge >= 0.3 is 5.91 Å². The maximum Gasteiger partial charge on any atom is 0.305 e. The number of benzene rings is 2. The molecule has 4 aromatic rings. The Kier molecular flexibility index (Phi) is 6.26. The second-order valence-corrected chi connectivity index (χ2v) is 7.38. The highest BCUT2D eigenvalue weighted by atomic mass is 19.1. The third kappa shape index (κ3) is 4.79. The van der Waals surface area contributed by atoms with Gasteiger partial charge in [0.2, 0.25) is 0 Å². The van der Waals surface area contributed by atoms with E-state index >= 15 is 0 Å². The Balaban J connectivity index is 1.42. The van der Waals surface area contributed by atoms with Crippen LogP contribution in [0.4, 0.5) is 4.39 Å². The minimum absolute atomic E-state index is 0.0445.